The van der Waals surface area contributed by atoms with Crippen molar-refractivity contribution >= 4 is 17.9 Å². The summed E-state index contributed by atoms with van der Waals surface area (Å²) >= 11 is 0. The highest BCUT2D eigenvalue weighted by Gasteiger charge is 2.19. The van der Waals surface area contributed by atoms with E-state index in [0.717, 1.165) is 5.56 Å². The van der Waals surface area contributed by atoms with Gasteiger partial charge in [-0.15, -0.1) is 12.3 Å². The number of terminal acetylenes is 1. The van der Waals surface area contributed by atoms with Crippen molar-refractivity contribution in [3.63, 3.8) is 0 Å². The van der Waals surface area contributed by atoms with E-state index in [1.54, 1.807) is 12.1 Å². The third-order valence-electron chi connectivity index (χ3n) is 2.61. The molecule has 1 atom stereocenters. The van der Waals surface area contributed by atoms with Crippen molar-refractivity contribution in [3.05, 3.63) is 35.4 Å². The Labute approximate surface area is 121 Å². The van der Waals surface area contributed by atoms with Crippen LogP contribution in [0.4, 0.5) is 4.79 Å². The van der Waals surface area contributed by atoms with E-state index in [-0.39, 0.29) is 13.0 Å². The van der Waals surface area contributed by atoms with Gasteiger partial charge >= 0.3 is 12.0 Å². The maximum atomic E-state index is 11.9. The van der Waals surface area contributed by atoms with E-state index >= 15 is 0 Å². The Morgan fingerprint density at radius 2 is 1.90 bits per heavy atom. The van der Waals surface area contributed by atoms with Crippen LogP contribution >= 0.6 is 0 Å². The van der Waals surface area contributed by atoms with Crippen LogP contribution in [-0.2, 0) is 11.3 Å². The van der Waals surface area contributed by atoms with Crippen molar-refractivity contribution in [2.45, 2.75) is 19.0 Å². The minimum atomic E-state index is -1.19. The quantitative estimate of drug-likeness (QED) is 0.553. The molecule has 0 aliphatic rings. The highest BCUT2D eigenvalue weighted by molar-refractivity contribution is 5.96. The summed E-state index contributed by atoms with van der Waals surface area (Å²) in [6, 6.07) is 4.52. The normalized spacial score (nSPS) is 11.0. The highest BCUT2D eigenvalue weighted by Crippen LogP contribution is 2.05. The molecule has 0 aliphatic heterocycles. The van der Waals surface area contributed by atoms with E-state index in [1.165, 1.54) is 12.1 Å². The van der Waals surface area contributed by atoms with Crippen molar-refractivity contribution in [3.8, 4) is 12.3 Å². The molecule has 1 aromatic rings. The number of benzene rings is 1. The number of carbonyl (C=O) groups excluding carboxylic acids is 2. The van der Waals surface area contributed by atoms with E-state index in [2.05, 4.69) is 16.6 Å². The van der Waals surface area contributed by atoms with E-state index in [4.69, 9.17) is 17.3 Å². The Morgan fingerprint density at radius 3 is 2.38 bits per heavy atom. The fourth-order valence-corrected chi connectivity index (χ4v) is 1.52. The second-order valence-electron chi connectivity index (χ2n) is 4.19. The number of amides is 3. The van der Waals surface area contributed by atoms with Crippen LogP contribution in [0.25, 0.3) is 0 Å². The molecule has 0 radical (unpaired) electrons. The second-order valence-corrected chi connectivity index (χ2v) is 4.19. The summed E-state index contributed by atoms with van der Waals surface area (Å²) in [4.78, 5) is 33.3. The first-order valence-electron chi connectivity index (χ1n) is 6.03. The number of carbonyl (C=O) groups is 3. The zero-order valence-corrected chi connectivity index (χ0v) is 11.1. The van der Waals surface area contributed by atoms with Gasteiger partial charge in [-0.2, -0.15) is 0 Å². The molecule has 0 heterocycles. The molecule has 1 unspecified atom stereocenters. The zero-order valence-electron chi connectivity index (χ0n) is 11.1. The molecule has 3 amide bonds. The topological polar surface area (TPSA) is 122 Å². The van der Waals surface area contributed by atoms with Crippen molar-refractivity contribution in [2.75, 3.05) is 0 Å². The summed E-state index contributed by atoms with van der Waals surface area (Å²) < 4.78 is 0. The van der Waals surface area contributed by atoms with Crippen LogP contribution in [0.5, 0.6) is 0 Å². The Hall–Kier alpha value is -3.01. The largest absolute Gasteiger partial charge is 0.480 e. The predicted molar refractivity (Wildman–Crippen MR) is 75.2 cm³/mol. The van der Waals surface area contributed by atoms with Gasteiger partial charge in [-0.1, -0.05) is 12.1 Å². The number of primary amides is 1. The van der Waals surface area contributed by atoms with Gasteiger partial charge in [-0.25, -0.2) is 9.59 Å². The zero-order chi connectivity index (χ0) is 15.8. The number of aliphatic carboxylic acids is 1. The number of nitrogens with two attached hydrogens (primary N) is 1. The smallest absolute Gasteiger partial charge is 0.327 e. The summed E-state index contributed by atoms with van der Waals surface area (Å²) in [5.41, 5.74) is 5.99. The molecule has 21 heavy (non-hydrogen) atoms. The first kappa shape index (κ1) is 16.0. The Bertz CT molecular complexity index is 575. The number of nitrogens with one attached hydrogen (secondary N) is 2. The number of hydrogen-bond acceptors (Lipinski definition) is 3. The lowest BCUT2D eigenvalue weighted by atomic mass is 10.1. The third-order valence-corrected chi connectivity index (χ3v) is 2.61. The number of carboxylic acids is 1. The van der Waals surface area contributed by atoms with Gasteiger partial charge < -0.3 is 21.5 Å². The first-order valence-corrected chi connectivity index (χ1v) is 6.03. The molecular formula is C14H15N3O4. The van der Waals surface area contributed by atoms with E-state index in [9.17, 15) is 14.4 Å². The Kier molecular flexibility index (Phi) is 5.77. The second kappa shape index (κ2) is 7.55. The minimum absolute atomic E-state index is 0.0955. The van der Waals surface area contributed by atoms with Gasteiger partial charge in [0.1, 0.15) is 6.04 Å². The fraction of sp³-hybridized carbons (Fsp3) is 0.214. The summed E-state index contributed by atoms with van der Waals surface area (Å²) in [5.74, 6) is 0.469. The summed E-state index contributed by atoms with van der Waals surface area (Å²) in [7, 11) is 0. The standard InChI is InChI=1S/C14H15N3O4/c1-2-3-11(13(19)20)17-12(18)10-6-4-9(5-7-10)8-16-14(15)21/h1,4-7,11H,3,8H2,(H,17,18)(H,19,20)(H3,15,16,21). The number of rotatable bonds is 6. The summed E-state index contributed by atoms with van der Waals surface area (Å²) in [5, 5.41) is 13.6. The maximum absolute atomic E-state index is 11.9. The maximum Gasteiger partial charge on any atom is 0.327 e. The van der Waals surface area contributed by atoms with Gasteiger partial charge in [0.05, 0.1) is 0 Å². The molecule has 1 aromatic carbocycles. The van der Waals surface area contributed by atoms with Crippen molar-refractivity contribution in [1.82, 2.24) is 10.6 Å². The lowest BCUT2D eigenvalue weighted by molar-refractivity contribution is -0.139. The van der Waals surface area contributed by atoms with Gasteiger partial charge in [0.25, 0.3) is 5.91 Å². The highest BCUT2D eigenvalue weighted by atomic mass is 16.4. The lowest BCUT2D eigenvalue weighted by Crippen LogP contribution is -2.40. The van der Waals surface area contributed by atoms with Crippen LogP contribution < -0.4 is 16.4 Å². The fourth-order valence-electron chi connectivity index (χ4n) is 1.52. The predicted octanol–water partition coefficient (Wildman–Crippen LogP) is 0.0612. The molecule has 110 valence electrons. The summed E-state index contributed by atoms with van der Waals surface area (Å²) in [6.07, 6.45) is 4.95. The van der Waals surface area contributed by atoms with E-state index < -0.39 is 23.9 Å². The lowest BCUT2D eigenvalue weighted by Gasteiger charge is -2.12. The van der Waals surface area contributed by atoms with Crippen LogP contribution in [0.15, 0.2) is 24.3 Å². The molecule has 0 aromatic heterocycles. The molecule has 0 spiro atoms. The molecule has 7 heteroatoms. The van der Waals surface area contributed by atoms with Crippen molar-refractivity contribution in [2.24, 2.45) is 5.73 Å². The van der Waals surface area contributed by atoms with E-state index in [0.29, 0.717) is 5.56 Å². The first-order chi connectivity index (χ1) is 9.93. The third kappa shape index (κ3) is 5.24. The monoisotopic (exact) mass is 289 g/mol. The molecule has 0 saturated heterocycles. The van der Waals surface area contributed by atoms with Gasteiger partial charge in [-0.3, -0.25) is 4.79 Å². The van der Waals surface area contributed by atoms with Crippen molar-refractivity contribution in [1.29, 1.82) is 0 Å². The van der Waals surface area contributed by atoms with E-state index in [1.807, 2.05) is 0 Å². The molecule has 1 rings (SSSR count). The van der Waals surface area contributed by atoms with Crippen molar-refractivity contribution < 1.29 is 19.5 Å². The molecule has 5 N–H and O–H groups in total. The Balaban J connectivity index is 2.68. The summed E-state index contributed by atoms with van der Waals surface area (Å²) in [6.45, 7) is 0.242. The molecule has 0 fully saturated rings. The van der Waals surface area contributed by atoms with Gasteiger partial charge in [0.2, 0.25) is 0 Å². The molecule has 0 bridgehead atoms. The Morgan fingerprint density at radius 1 is 1.29 bits per heavy atom. The molecular weight excluding hydrogens is 274 g/mol. The van der Waals surface area contributed by atoms with Crippen LogP contribution in [-0.4, -0.2) is 29.1 Å². The van der Waals surface area contributed by atoms with Crippen LogP contribution in [0.2, 0.25) is 0 Å². The average molecular weight is 289 g/mol. The number of carboxylic acid groups (broad SMARTS) is 1. The van der Waals surface area contributed by atoms with Gasteiger partial charge in [-0.05, 0) is 17.7 Å². The van der Waals surface area contributed by atoms with Crippen LogP contribution in [0, 0.1) is 12.3 Å². The molecule has 0 aliphatic carbocycles. The average Bonchev–Trinajstić information content (AvgIpc) is 2.45. The minimum Gasteiger partial charge on any atom is -0.480 e. The van der Waals surface area contributed by atoms with Gasteiger partial charge in [0, 0.05) is 18.5 Å². The van der Waals surface area contributed by atoms with Crippen LogP contribution in [0.3, 0.4) is 0 Å². The number of hydrogen-bond donors (Lipinski definition) is 4. The van der Waals surface area contributed by atoms with Crippen LogP contribution in [0.1, 0.15) is 22.3 Å². The molecule has 7 nitrogen and oxygen atoms in total. The SMILES string of the molecule is C#CCC(NC(=O)c1ccc(CNC(N)=O)cc1)C(=O)O. The number of urea groups is 1. The molecule has 0 saturated carbocycles. The van der Waals surface area contributed by atoms with Gasteiger partial charge in [0.15, 0.2) is 0 Å².